The number of nitro groups is 1. The summed E-state index contributed by atoms with van der Waals surface area (Å²) in [7, 11) is 0. The molecule has 0 spiro atoms. The first-order valence-corrected chi connectivity index (χ1v) is 5.66. The fraction of sp³-hybridized carbons (Fsp3) is 0.417. The Hall–Kier alpha value is -2.20. The Labute approximate surface area is 109 Å². The molecule has 0 aliphatic carbocycles. The van der Waals surface area contributed by atoms with Crippen LogP contribution in [0.15, 0.2) is 18.2 Å². The standard InChI is InChI=1S/C12H14FN3O3/c1-8(2)15-9(6-14)7-19-10-3-4-12(16(17)18)11(13)5-10/h3-5,8-9,15H,7H2,1-2H3. The summed E-state index contributed by atoms with van der Waals surface area (Å²) in [6, 6.07) is 4.85. The van der Waals surface area contributed by atoms with Crippen molar-refractivity contribution in [2.24, 2.45) is 0 Å². The summed E-state index contributed by atoms with van der Waals surface area (Å²) >= 11 is 0. The van der Waals surface area contributed by atoms with Crippen LogP contribution >= 0.6 is 0 Å². The number of ether oxygens (including phenoxy) is 1. The van der Waals surface area contributed by atoms with Crippen LogP contribution in [0.5, 0.6) is 5.75 Å². The summed E-state index contributed by atoms with van der Waals surface area (Å²) in [5, 5.41) is 22.3. The van der Waals surface area contributed by atoms with Gasteiger partial charge < -0.3 is 4.74 Å². The molecule has 0 aliphatic heterocycles. The summed E-state index contributed by atoms with van der Waals surface area (Å²) in [5.41, 5.74) is -0.607. The van der Waals surface area contributed by atoms with Gasteiger partial charge in [-0.15, -0.1) is 0 Å². The molecule has 0 saturated heterocycles. The summed E-state index contributed by atoms with van der Waals surface area (Å²) in [5.74, 6) is -0.818. The molecule has 102 valence electrons. The van der Waals surface area contributed by atoms with Crippen LogP contribution < -0.4 is 10.1 Å². The Balaban J connectivity index is 2.66. The van der Waals surface area contributed by atoms with Gasteiger partial charge in [0.2, 0.25) is 5.82 Å². The molecule has 1 aromatic carbocycles. The van der Waals surface area contributed by atoms with E-state index in [0.29, 0.717) is 0 Å². The molecule has 0 amide bonds. The lowest BCUT2D eigenvalue weighted by Gasteiger charge is -2.15. The van der Waals surface area contributed by atoms with E-state index in [9.17, 15) is 14.5 Å². The van der Waals surface area contributed by atoms with E-state index in [4.69, 9.17) is 10.00 Å². The summed E-state index contributed by atoms with van der Waals surface area (Å²) in [6.45, 7) is 3.80. The van der Waals surface area contributed by atoms with Gasteiger partial charge in [-0.05, 0) is 19.9 Å². The monoisotopic (exact) mass is 267 g/mol. The average Bonchev–Trinajstić information content (AvgIpc) is 2.33. The minimum Gasteiger partial charge on any atom is -0.491 e. The molecule has 19 heavy (non-hydrogen) atoms. The number of nitriles is 1. The van der Waals surface area contributed by atoms with E-state index in [2.05, 4.69) is 5.32 Å². The normalized spacial score (nSPS) is 11.9. The molecular formula is C12H14FN3O3. The highest BCUT2D eigenvalue weighted by Crippen LogP contribution is 2.22. The minimum absolute atomic E-state index is 0.0337. The summed E-state index contributed by atoms with van der Waals surface area (Å²) in [4.78, 5) is 9.63. The molecule has 0 aliphatic rings. The molecule has 1 rings (SSSR count). The highest BCUT2D eigenvalue weighted by atomic mass is 19.1. The van der Waals surface area contributed by atoms with E-state index in [0.717, 1.165) is 12.1 Å². The zero-order valence-electron chi connectivity index (χ0n) is 10.6. The zero-order valence-corrected chi connectivity index (χ0v) is 10.6. The molecule has 0 fully saturated rings. The Morgan fingerprint density at radius 3 is 2.74 bits per heavy atom. The lowest BCUT2D eigenvalue weighted by molar-refractivity contribution is -0.387. The molecule has 0 aromatic heterocycles. The number of hydrogen-bond acceptors (Lipinski definition) is 5. The number of rotatable bonds is 6. The molecule has 1 atom stereocenters. The molecule has 0 bridgehead atoms. The van der Waals surface area contributed by atoms with Crippen LogP contribution in [-0.2, 0) is 0 Å². The van der Waals surface area contributed by atoms with Crippen molar-refractivity contribution >= 4 is 5.69 Å². The molecule has 0 radical (unpaired) electrons. The van der Waals surface area contributed by atoms with Crippen molar-refractivity contribution in [3.63, 3.8) is 0 Å². The van der Waals surface area contributed by atoms with Crippen molar-refractivity contribution in [2.75, 3.05) is 6.61 Å². The largest absolute Gasteiger partial charge is 0.491 e. The number of halogens is 1. The Bertz CT molecular complexity index is 499. The maximum atomic E-state index is 13.3. The van der Waals surface area contributed by atoms with Gasteiger partial charge in [0.05, 0.1) is 11.0 Å². The number of nitrogens with one attached hydrogen (secondary N) is 1. The number of hydrogen-bond donors (Lipinski definition) is 1. The van der Waals surface area contributed by atoms with Gasteiger partial charge in [-0.2, -0.15) is 9.65 Å². The van der Waals surface area contributed by atoms with E-state index in [1.807, 2.05) is 19.9 Å². The predicted octanol–water partition coefficient (Wildman–Crippen LogP) is 2.00. The number of nitrogens with zero attached hydrogens (tertiary/aromatic N) is 2. The first-order valence-electron chi connectivity index (χ1n) is 5.66. The van der Waals surface area contributed by atoms with Crippen LogP contribution in [0.25, 0.3) is 0 Å². The van der Waals surface area contributed by atoms with E-state index in [1.54, 1.807) is 0 Å². The van der Waals surface area contributed by atoms with E-state index in [-0.39, 0.29) is 18.4 Å². The van der Waals surface area contributed by atoms with Gasteiger partial charge in [0.15, 0.2) is 0 Å². The van der Waals surface area contributed by atoms with Gasteiger partial charge in [-0.1, -0.05) is 0 Å². The van der Waals surface area contributed by atoms with Crippen molar-refractivity contribution in [1.29, 1.82) is 5.26 Å². The fourth-order valence-corrected chi connectivity index (χ4v) is 1.43. The van der Waals surface area contributed by atoms with Gasteiger partial charge >= 0.3 is 5.69 Å². The smallest absolute Gasteiger partial charge is 0.305 e. The topological polar surface area (TPSA) is 88.2 Å². The van der Waals surface area contributed by atoms with Crippen molar-refractivity contribution in [2.45, 2.75) is 25.9 Å². The Kier molecular flexibility index (Phi) is 5.21. The van der Waals surface area contributed by atoms with Gasteiger partial charge in [-0.3, -0.25) is 15.4 Å². The second-order valence-electron chi connectivity index (χ2n) is 4.18. The third-order valence-corrected chi connectivity index (χ3v) is 2.22. The number of nitro benzene ring substituents is 1. The van der Waals surface area contributed by atoms with Gasteiger partial charge in [-0.25, -0.2) is 0 Å². The highest BCUT2D eigenvalue weighted by Gasteiger charge is 2.15. The molecule has 0 heterocycles. The highest BCUT2D eigenvalue weighted by molar-refractivity contribution is 5.37. The quantitative estimate of drug-likeness (QED) is 0.629. The van der Waals surface area contributed by atoms with Crippen LogP contribution in [-0.4, -0.2) is 23.6 Å². The maximum Gasteiger partial charge on any atom is 0.305 e. The van der Waals surface area contributed by atoms with Crippen LogP contribution in [0.3, 0.4) is 0 Å². The first-order chi connectivity index (χ1) is 8.93. The Morgan fingerprint density at radius 1 is 1.58 bits per heavy atom. The molecule has 6 nitrogen and oxygen atoms in total. The SMILES string of the molecule is CC(C)NC(C#N)COc1ccc([N+](=O)[O-])c(F)c1. The number of benzene rings is 1. The average molecular weight is 267 g/mol. The molecule has 1 aromatic rings. The Morgan fingerprint density at radius 2 is 2.26 bits per heavy atom. The zero-order chi connectivity index (χ0) is 14.4. The van der Waals surface area contributed by atoms with Gasteiger partial charge in [0.1, 0.15) is 18.4 Å². The lowest BCUT2D eigenvalue weighted by atomic mass is 10.2. The van der Waals surface area contributed by atoms with E-state index < -0.39 is 22.5 Å². The van der Waals surface area contributed by atoms with Crippen molar-refractivity contribution in [3.05, 3.63) is 34.1 Å². The van der Waals surface area contributed by atoms with Crippen LogP contribution in [0, 0.1) is 27.3 Å². The van der Waals surface area contributed by atoms with Crippen LogP contribution in [0.4, 0.5) is 10.1 Å². The van der Waals surface area contributed by atoms with Gasteiger partial charge in [0, 0.05) is 18.2 Å². The van der Waals surface area contributed by atoms with Crippen molar-refractivity contribution in [1.82, 2.24) is 5.32 Å². The van der Waals surface area contributed by atoms with Crippen LogP contribution in [0.2, 0.25) is 0 Å². The summed E-state index contributed by atoms with van der Waals surface area (Å²) < 4.78 is 18.5. The summed E-state index contributed by atoms with van der Waals surface area (Å²) in [6.07, 6.45) is 0. The molecule has 7 heteroatoms. The predicted molar refractivity (Wildman–Crippen MR) is 66.2 cm³/mol. The van der Waals surface area contributed by atoms with E-state index in [1.165, 1.54) is 6.07 Å². The minimum atomic E-state index is -0.965. The van der Waals surface area contributed by atoms with Crippen molar-refractivity contribution in [3.8, 4) is 11.8 Å². The maximum absolute atomic E-state index is 13.3. The molecule has 0 saturated carbocycles. The third-order valence-electron chi connectivity index (χ3n) is 2.22. The van der Waals surface area contributed by atoms with Crippen LogP contribution in [0.1, 0.15) is 13.8 Å². The lowest BCUT2D eigenvalue weighted by Crippen LogP contribution is -2.37. The fourth-order valence-electron chi connectivity index (χ4n) is 1.43. The third kappa shape index (κ3) is 4.52. The van der Waals surface area contributed by atoms with E-state index >= 15 is 0 Å². The second-order valence-corrected chi connectivity index (χ2v) is 4.18. The first kappa shape index (κ1) is 14.9. The van der Waals surface area contributed by atoms with Crippen molar-refractivity contribution < 1.29 is 14.1 Å². The second kappa shape index (κ2) is 6.66. The molecular weight excluding hydrogens is 253 g/mol. The molecule has 1 N–H and O–H groups in total. The van der Waals surface area contributed by atoms with Gasteiger partial charge in [0.25, 0.3) is 0 Å². The molecule has 1 unspecified atom stereocenters.